The Balaban J connectivity index is 1.66. The molecule has 24 heavy (non-hydrogen) atoms. The van der Waals surface area contributed by atoms with Gasteiger partial charge in [0.15, 0.2) is 0 Å². The number of hydrogen-bond acceptors (Lipinski definition) is 3. The Morgan fingerprint density at radius 3 is 2.54 bits per heavy atom. The van der Waals surface area contributed by atoms with E-state index in [1.54, 1.807) is 24.3 Å². The van der Waals surface area contributed by atoms with Gasteiger partial charge in [-0.25, -0.2) is 5.01 Å². The summed E-state index contributed by atoms with van der Waals surface area (Å²) in [4.78, 5) is 25.1. The van der Waals surface area contributed by atoms with E-state index in [1.165, 1.54) is 0 Å². The van der Waals surface area contributed by atoms with Crippen LogP contribution >= 0.6 is 11.6 Å². The lowest BCUT2D eigenvalue weighted by Gasteiger charge is -2.45. The number of nitrogens with one attached hydrogen (secondary N) is 1. The molecule has 2 aliphatic carbocycles. The first-order chi connectivity index (χ1) is 11.2. The van der Waals surface area contributed by atoms with Crippen LogP contribution in [0.25, 0.3) is 0 Å². The van der Waals surface area contributed by atoms with E-state index >= 15 is 0 Å². The fourth-order valence-electron chi connectivity index (χ4n) is 5.71. The van der Waals surface area contributed by atoms with Crippen LogP contribution in [0.1, 0.15) is 43.5 Å². The average molecular weight is 348 g/mol. The van der Waals surface area contributed by atoms with E-state index in [0.29, 0.717) is 23.0 Å². The second-order valence-electron chi connectivity index (χ2n) is 7.95. The number of carbonyl (C=O) groups is 2. The molecule has 3 fully saturated rings. The third-order valence-electron chi connectivity index (χ3n) is 7.31. The van der Waals surface area contributed by atoms with Crippen LogP contribution in [0, 0.1) is 16.7 Å². The van der Waals surface area contributed by atoms with Gasteiger partial charge in [0.2, 0.25) is 5.91 Å². The zero-order valence-corrected chi connectivity index (χ0v) is 14.7. The van der Waals surface area contributed by atoms with Crippen LogP contribution in [0.2, 0.25) is 5.02 Å². The Morgan fingerprint density at radius 1 is 1.29 bits per heavy atom. The van der Waals surface area contributed by atoms with Gasteiger partial charge in [-0.2, -0.15) is 0 Å². The van der Waals surface area contributed by atoms with E-state index in [-0.39, 0.29) is 22.6 Å². The average Bonchev–Trinajstić information content (AvgIpc) is 2.97. The monoisotopic (exact) mass is 347 g/mol. The van der Waals surface area contributed by atoms with Gasteiger partial charge in [-0.3, -0.25) is 15.0 Å². The topological polar surface area (TPSA) is 75.4 Å². The van der Waals surface area contributed by atoms with Crippen molar-refractivity contribution < 1.29 is 9.59 Å². The summed E-state index contributed by atoms with van der Waals surface area (Å²) in [5, 5.41) is 2.40. The summed E-state index contributed by atoms with van der Waals surface area (Å²) in [6.07, 6.45) is 2.85. The van der Waals surface area contributed by atoms with Crippen molar-refractivity contribution in [1.29, 1.82) is 0 Å². The first-order valence-corrected chi connectivity index (χ1v) is 8.76. The molecule has 0 aromatic heterocycles. The Labute approximate surface area is 146 Å². The molecule has 1 aromatic rings. The van der Waals surface area contributed by atoms with Crippen molar-refractivity contribution in [2.24, 2.45) is 22.5 Å². The molecule has 5 nitrogen and oxygen atoms in total. The summed E-state index contributed by atoms with van der Waals surface area (Å²) < 4.78 is 0. The largest absolute Gasteiger partial charge is 0.368 e. The Bertz CT molecular complexity index is 736. The highest BCUT2D eigenvalue weighted by Gasteiger charge is 2.80. The number of halogens is 1. The fraction of sp³-hybridized carbons (Fsp3) is 0.556. The molecule has 0 spiro atoms. The lowest BCUT2D eigenvalue weighted by Crippen LogP contribution is -2.66. The van der Waals surface area contributed by atoms with Crippen LogP contribution in [0.4, 0.5) is 0 Å². The van der Waals surface area contributed by atoms with Gasteiger partial charge in [0.1, 0.15) is 5.54 Å². The van der Waals surface area contributed by atoms with Gasteiger partial charge in [0, 0.05) is 22.5 Å². The highest BCUT2D eigenvalue weighted by atomic mass is 35.5. The third-order valence-corrected chi connectivity index (χ3v) is 7.56. The lowest BCUT2D eigenvalue weighted by molar-refractivity contribution is -0.137. The molecule has 1 saturated heterocycles. The summed E-state index contributed by atoms with van der Waals surface area (Å²) in [6, 6.07) is 6.72. The number of carbonyl (C=O) groups excluding carboxylic acids is 2. The molecule has 1 heterocycles. The molecule has 4 bridgehead atoms. The van der Waals surface area contributed by atoms with Gasteiger partial charge in [-0.15, -0.1) is 0 Å². The Kier molecular flexibility index (Phi) is 3.14. The number of hydrogen-bond donors (Lipinski definition) is 2. The van der Waals surface area contributed by atoms with Crippen LogP contribution in [0.5, 0.6) is 0 Å². The van der Waals surface area contributed by atoms with E-state index in [0.717, 1.165) is 19.3 Å². The zero-order valence-electron chi connectivity index (χ0n) is 13.9. The van der Waals surface area contributed by atoms with Crippen LogP contribution in [0.3, 0.4) is 0 Å². The molecule has 6 heteroatoms. The number of amides is 2. The van der Waals surface area contributed by atoms with Gasteiger partial charge in [0.25, 0.3) is 5.91 Å². The smallest absolute Gasteiger partial charge is 0.265 e. The minimum Gasteiger partial charge on any atom is -0.368 e. The van der Waals surface area contributed by atoms with Crippen molar-refractivity contribution in [3.63, 3.8) is 0 Å². The molecule has 1 aromatic carbocycles. The molecule has 2 saturated carbocycles. The number of benzene rings is 1. The Hall–Kier alpha value is -1.59. The normalized spacial score (nSPS) is 40.0. The molecule has 128 valence electrons. The van der Waals surface area contributed by atoms with Crippen molar-refractivity contribution >= 4 is 23.4 Å². The standard InChI is InChI=1S/C18H22ClN3O2/c1-16-10-22(21-14(23)11-3-5-13(19)6-4-11)18(15(20)24)9-12(16)7-8-17(16,18)2/h3-6,12H,7-10H2,1-2H3,(H2,20,24)(H,21,23)/t12-,16+,17-,18-/m1/s1. The molecule has 3 N–H and O–H groups in total. The number of rotatable bonds is 3. The van der Waals surface area contributed by atoms with E-state index in [1.807, 2.05) is 5.01 Å². The predicted molar refractivity (Wildman–Crippen MR) is 91.1 cm³/mol. The first kappa shape index (κ1) is 15.9. The minimum absolute atomic E-state index is 0.00923. The van der Waals surface area contributed by atoms with Crippen molar-refractivity contribution in [1.82, 2.24) is 10.4 Å². The molecule has 0 unspecified atom stereocenters. The first-order valence-electron chi connectivity index (χ1n) is 8.39. The maximum atomic E-state index is 12.6. The van der Waals surface area contributed by atoms with Gasteiger partial charge >= 0.3 is 0 Å². The van der Waals surface area contributed by atoms with Crippen molar-refractivity contribution in [3.8, 4) is 0 Å². The number of primary amides is 1. The second-order valence-corrected chi connectivity index (χ2v) is 8.38. The maximum Gasteiger partial charge on any atom is 0.265 e. The molecular formula is C18H22ClN3O2. The number of hydrazine groups is 1. The highest BCUT2D eigenvalue weighted by Crippen LogP contribution is 2.75. The number of piperidine rings is 1. The number of nitrogens with zero attached hydrogens (tertiary/aromatic N) is 1. The van der Waals surface area contributed by atoms with Gasteiger partial charge in [0.05, 0.1) is 0 Å². The lowest BCUT2D eigenvalue weighted by atomic mass is 9.65. The molecule has 4 atom stereocenters. The summed E-state index contributed by atoms with van der Waals surface area (Å²) in [7, 11) is 0. The Morgan fingerprint density at radius 2 is 1.96 bits per heavy atom. The molecule has 0 radical (unpaired) electrons. The van der Waals surface area contributed by atoms with Crippen molar-refractivity contribution in [2.75, 3.05) is 6.54 Å². The minimum atomic E-state index is -0.785. The van der Waals surface area contributed by atoms with E-state index in [9.17, 15) is 9.59 Å². The summed E-state index contributed by atoms with van der Waals surface area (Å²) in [5.74, 6) is -0.0612. The van der Waals surface area contributed by atoms with Crippen LogP contribution in [-0.4, -0.2) is 28.9 Å². The SMILES string of the molecule is C[C@]12CC[C@@H]3C[C@]1(C(N)=O)N(NC(=O)c1ccc(Cl)cc1)C[C@@]32C. The predicted octanol–water partition coefficient (Wildman–Crippen LogP) is 2.35. The molecule has 2 amide bonds. The summed E-state index contributed by atoms with van der Waals surface area (Å²) in [6.45, 7) is 5.07. The van der Waals surface area contributed by atoms with E-state index in [2.05, 4.69) is 19.3 Å². The van der Waals surface area contributed by atoms with Crippen molar-refractivity contribution in [3.05, 3.63) is 34.9 Å². The molecule has 4 rings (SSSR count). The third kappa shape index (κ3) is 1.64. The highest BCUT2D eigenvalue weighted by molar-refractivity contribution is 6.30. The quantitative estimate of drug-likeness (QED) is 0.881. The van der Waals surface area contributed by atoms with Crippen molar-refractivity contribution in [2.45, 2.75) is 38.6 Å². The van der Waals surface area contributed by atoms with Gasteiger partial charge in [-0.1, -0.05) is 25.4 Å². The van der Waals surface area contributed by atoms with Gasteiger partial charge in [-0.05, 0) is 54.9 Å². The molecule has 3 aliphatic rings. The number of nitrogens with two attached hydrogens (primary N) is 1. The van der Waals surface area contributed by atoms with Crippen LogP contribution in [-0.2, 0) is 4.79 Å². The summed E-state index contributed by atoms with van der Waals surface area (Å²) >= 11 is 5.88. The van der Waals surface area contributed by atoms with Crippen LogP contribution in [0.15, 0.2) is 24.3 Å². The zero-order chi connectivity index (χ0) is 17.3. The van der Waals surface area contributed by atoms with Gasteiger partial charge < -0.3 is 5.73 Å². The molecule has 1 aliphatic heterocycles. The van der Waals surface area contributed by atoms with E-state index in [4.69, 9.17) is 17.3 Å². The van der Waals surface area contributed by atoms with E-state index < -0.39 is 5.54 Å². The molecular weight excluding hydrogens is 326 g/mol. The second kappa shape index (κ2) is 4.73. The van der Waals surface area contributed by atoms with Crippen LogP contribution < -0.4 is 11.2 Å². The fourth-order valence-corrected chi connectivity index (χ4v) is 5.84. The maximum absolute atomic E-state index is 12.6. The summed E-state index contributed by atoms with van der Waals surface area (Å²) in [5.41, 5.74) is 8.38.